The summed E-state index contributed by atoms with van der Waals surface area (Å²) < 4.78 is 0. The van der Waals surface area contributed by atoms with Crippen LogP contribution in [-0.4, -0.2) is 47.5 Å². The van der Waals surface area contributed by atoms with Gasteiger partial charge in [0.25, 0.3) is 11.8 Å². The van der Waals surface area contributed by atoms with E-state index in [1.807, 2.05) is 0 Å². The van der Waals surface area contributed by atoms with Crippen LogP contribution < -0.4 is 0 Å². The van der Waals surface area contributed by atoms with Crippen LogP contribution in [-0.2, 0) is 9.59 Å². The van der Waals surface area contributed by atoms with E-state index in [-0.39, 0.29) is 5.56 Å². The van der Waals surface area contributed by atoms with Crippen LogP contribution in [0.1, 0.15) is 10.4 Å². The van der Waals surface area contributed by atoms with Gasteiger partial charge in [0.15, 0.2) is 11.7 Å². The molecule has 6 nitrogen and oxygen atoms in total. The Morgan fingerprint density at radius 3 is 1.90 bits per heavy atom. The van der Waals surface area contributed by atoms with Gasteiger partial charge in [-0.05, 0) is 24.3 Å². The normalized spacial score (nSPS) is 16.9. The highest BCUT2D eigenvalue weighted by molar-refractivity contribution is 6.31. The fraction of sp³-hybridized carbons (Fsp3) is 0.231. The maximum absolute atomic E-state index is 12.3. The molecule has 0 bridgehead atoms. The first-order valence-electron chi connectivity index (χ1n) is 5.73. The van der Waals surface area contributed by atoms with Gasteiger partial charge in [-0.2, -0.15) is 0 Å². The van der Waals surface area contributed by atoms with Gasteiger partial charge in [-0.25, -0.2) is 4.79 Å². The number of carbonyl (C=O) groups excluding carboxylic acids is 4. The third-order valence-corrected chi connectivity index (χ3v) is 3.37. The van der Waals surface area contributed by atoms with Crippen LogP contribution in [0, 0.1) is 5.92 Å². The Morgan fingerprint density at radius 1 is 1.00 bits per heavy atom. The fourth-order valence-electron chi connectivity index (χ4n) is 1.91. The summed E-state index contributed by atoms with van der Waals surface area (Å²) in [6, 6.07) is 5.10. The largest absolute Gasteiger partial charge is 0.332 e. The summed E-state index contributed by atoms with van der Waals surface area (Å²) in [5.74, 6) is -3.82. The summed E-state index contributed by atoms with van der Waals surface area (Å²) >= 11 is 5.72. The number of benzene rings is 1. The van der Waals surface area contributed by atoms with Crippen LogP contribution in [0.5, 0.6) is 0 Å². The number of hydrogen-bond acceptors (Lipinski definition) is 4. The molecular weight excluding hydrogens is 284 g/mol. The smallest absolute Gasteiger partial charge is 0.293 e. The van der Waals surface area contributed by atoms with E-state index in [4.69, 9.17) is 11.6 Å². The zero-order valence-corrected chi connectivity index (χ0v) is 11.5. The second-order valence-electron chi connectivity index (χ2n) is 4.38. The number of rotatable bonds is 2. The van der Waals surface area contributed by atoms with Crippen molar-refractivity contribution in [1.29, 1.82) is 0 Å². The molecule has 1 aromatic carbocycles. The molecule has 1 aromatic rings. The van der Waals surface area contributed by atoms with Crippen molar-refractivity contribution in [2.75, 3.05) is 14.1 Å². The van der Waals surface area contributed by atoms with Crippen LogP contribution in [0.15, 0.2) is 24.3 Å². The monoisotopic (exact) mass is 294 g/mol. The van der Waals surface area contributed by atoms with Gasteiger partial charge >= 0.3 is 6.03 Å². The first-order valence-corrected chi connectivity index (χ1v) is 6.11. The number of amides is 4. The Balaban J connectivity index is 2.37. The van der Waals surface area contributed by atoms with Crippen molar-refractivity contribution in [2.24, 2.45) is 5.92 Å². The average molecular weight is 295 g/mol. The van der Waals surface area contributed by atoms with Gasteiger partial charge in [-0.1, -0.05) is 11.6 Å². The molecule has 1 saturated heterocycles. The van der Waals surface area contributed by atoms with Crippen LogP contribution in [0.4, 0.5) is 4.79 Å². The van der Waals surface area contributed by atoms with Crippen molar-refractivity contribution in [3.8, 4) is 0 Å². The molecule has 20 heavy (non-hydrogen) atoms. The summed E-state index contributed by atoms with van der Waals surface area (Å²) in [4.78, 5) is 49.4. The van der Waals surface area contributed by atoms with Gasteiger partial charge in [0.2, 0.25) is 0 Å². The van der Waals surface area contributed by atoms with Gasteiger partial charge in [0.05, 0.1) is 0 Å². The van der Waals surface area contributed by atoms with E-state index in [0.29, 0.717) is 5.02 Å². The van der Waals surface area contributed by atoms with Gasteiger partial charge < -0.3 is 0 Å². The SMILES string of the molecule is CN1C(=O)C(C(=O)c2ccc(Cl)cc2)C(=O)N(C)C1=O. The fourth-order valence-corrected chi connectivity index (χ4v) is 2.04. The molecule has 7 heteroatoms. The average Bonchev–Trinajstić information content (AvgIpc) is 2.44. The molecule has 1 heterocycles. The summed E-state index contributed by atoms with van der Waals surface area (Å²) in [5.41, 5.74) is 0.192. The van der Waals surface area contributed by atoms with Gasteiger partial charge in [0, 0.05) is 24.7 Å². The molecule has 0 aromatic heterocycles. The number of carbonyl (C=O) groups is 4. The van der Waals surface area contributed by atoms with Crippen molar-refractivity contribution in [3.63, 3.8) is 0 Å². The maximum atomic E-state index is 12.3. The minimum Gasteiger partial charge on any atom is -0.293 e. The van der Waals surface area contributed by atoms with E-state index in [2.05, 4.69) is 0 Å². The first kappa shape index (κ1) is 14.2. The molecule has 1 fully saturated rings. The lowest BCUT2D eigenvalue weighted by Gasteiger charge is -2.32. The Kier molecular flexibility index (Phi) is 3.59. The summed E-state index contributed by atoms with van der Waals surface area (Å²) in [5, 5.41) is 0.437. The van der Waals surface area contributed by atoms with Crippen molar-refractivity contribution < 1.29 is 19.2 Å². The van der Waals surface area contributed by atoms with Crippen LogP contribution >= 0.6 is 11.6 Å². The Labute approximate surface area is 119 Å². The molecule has 0 spiro atoms. The zero-order chi connectivity index (χ0) is 15.0. The number of Topliss-reactive ketones (excluding diaryl/α,β-unsaturated/α-hetero) is 1. The number of hydrogen-bond donors (Lipinski definition) is 0. The van der Waals surface area contributed by atoms with Gasteiger partial charge in [0.1, 0.15) is 0 Å². The van der Waals surface area contributed by atoms with E-state index < -0.39 is 29.5 Å². The molecule has 0 N–H and O–H groups in total. The predicted octanol–water partition coefficient (Wildman–Crippen LogP) is 1.19. The standard InChI is InChI=1S/C13H11ClN2O4/c1-15-11(18)9(12(19)16(2)13(15)20)10(17)7-3-5-8(14)6-4-7/h3-6,9H,1-2H3. The Morgan fingerprint density at radius 2 is 1.45 bits per heavy atom. The molecule has 0 unspecified atom stereocenters. The Hall–Kier alpha value is -2.21. The van der Waals surface area contributed by atoms with Gasteiger partial charge in [-0.15, -0.1) is 0 Å². The molecule has 0 radical (unpaired) electrons. The molecular formula is C13H11ClN2O4. The summed E-state index contributed by atoms with van der Waals surface area (Å²) in [6.07, 6.45) is 0. The highest BCUT2D eigenvalue weighted by Gasteiger charge is 2.46. The van der Waals surface area contributed by atoms with Gasteiger partial charge in [-0.3, -0.25) is 24.2 Å². The number of barbiturate groups is 1. The second-order valence-corrected chi connectivity index (χ2v) is 4.82. The molecule has 104 valence electrons. The van der Waals surface area contributed by atoms with Crippen LogP contribution in [0.25, 0.3) is 0 Å². The molecule has 4 amide bonds. The molecule has 0 aliphatic carbocycles. The minimum atomic E-state index is -1.52. The molecule has 0 saturated carbocycles. The lowest BCUT2D eigenvalue weighted by Crippen LogP contribution is -2.58. The minimum absolute atomic E-state index is 0.192. The lowest BCUT2D eigenvalue weighted by molar-refractivity contribution is -0.145. The van der Waals surface area contributed by atoms with Crippen molar-refractivity contribution >= 4 is 35.2 Å². The quantitative estimate of drug-likeness (QED) is 0.606. The van der Waals surface area contributed by atoms with Crippen molar-refractivity contribution in [1.82, 2.24) is 9.80 Å². The number of halogens is 1. The first-order chi connectivity index (χ1) is 9.34. The lowest BCUT2D eigenvalue weighted by atomic mass is 9.93. The van der Waals surface area contributed by atoms with E-state index in [0.717, 1.165) is 9.80 Å². The van der Waals surface area contributed by atoms with E-state index >= 15 is 0 Å². The predicted molar refractivity (Wildman–Crippen MR) is 70.2 cm³/mol. The molecule has 1 aliphatic heterocycles. The number of imide groups is 2. The molecule has 1 aliphatic rings. The van der Waals surface area contributed by atoms with E-state index in [9.17, 15) is 19.2 Å². The molecule has 2 rings (SSSR count). The number of nitrogens with zero attached hydrogens (tertiary/aromatic N) is 2. The maximum Gasteiger partial charge on any atom is 0.332 e. The zero-order valence-electron chi connectivity index (χ0n) is 10.8. The van der Waals surface area contributed by atoms with Crippen molar-refractivity contribution in [2.45, 2.75) is 0 Å². The van der Waals surface area contributed by atoms with Crippen LogP contribution in [0.3, 0.4) is 0 Å². The number of ketones is 1. The highest BCUT2D eigenvalue weighted by atomic mass is 35.5. The highest BCUT2D eigenvalue weighted by Crippen LogP contribution is 2.20. The van der Waals surface area contributed by atoms with E-state index in [1.165, 1.54) is 38.4 Å². The van der Waals surface area contributed by atoms with Crippen molar-refractivity contribution in [3.05, 3.63) is 34.9 Å². The van der Waals surface area contributed by atoms with Crippen LogP contribution in [0.2, 0.25) is 5.02 Å². The number of urea groups is 1. The topological polar surface area (TPSA) is 74.8 Å². The third kappa shape index (κ3) is 2.18. The summed E-state index contributed by atoms with van der Waals surface area (Å²) in [6.45, 7) is 0. The summed E-state index contributed by atoms with van der Waals surface area (Å²) in [7, 11) is 2.46. The molecule has 0 atom stereocenters. The van der Waals surface area contributed by atoms with E-state index in [1.54, 1.807) is 0 Å². The second kappa shape index (κ2) is 5.05. The Bertz CT molecular complexity index is 587. The third-order valence-electron chi connectivity index (χ3n) is 3.12.